The number of phenolic OH excluding ortho intramolecular Hbond substituents is 1. The molecule has 1 aliphatic heterocycles. The molecule has 0 saturated carbocycles. The Hall–Kier alpha value is -2.75. The van der Waals surface area contributed by atoms with E-state index in [1.165, 1.54) is 0 Å². The zero-order chi connectivity index (χ0) is 14.2. The molecule has 0 spiro atoms. The van der Waals surface area contributed by atoms with E-state index in [2.05, 4.69) is 4.98 Å². The number of aromatic nitrogens is 1. The maximum atomic E-state index is 9.35. The van der Waals surface area contributed by atoms with Gasteiger partial charge in [0.25, 0.3) is 0 Å². The minimum absolute atomic E-state index is 0.270. The van der Waals surface area contributed by atoms with Crippen molar-refractivity contribution >= 4 is 10.8 Å². The van der Waals surface area contributed by atoms with Crippen molar-refractivity contribution in [2.75, 3.05) is 6.79 Å². The minimum atomic E-state index is 0.270. The fraction of sp³-hybridized carbons (Fsp3) is 0.118. The smallest absolute Gasteiger partial charge is 0.231 e. The second-order valence-corrected chi connectivity index (χ2v) is 5.03. The van der Waals surface area contributed by atoms with E-state index < -0.39 is 0 Å². The van der Waals surface area contributed by atoms with Crippen LogP contribution in [-0.4, -0.2) is 16.9 Å². The summed E-state index contributed by atoms with van der Waals surface area (Å²) in [5, 5.41) is 11.5. The number of phenols is 1. The Morgan fingerprint density at radius 1 is 1.00 bits per heavy atom. The lowest BCUT2D eigenvalue weighted by atomic mass is 10.0. The van der Waals surface area contributed by atoms with E-state index in [0.29, 0.717) is 6.42 Å². The molecule has 4 heteroatoms. The van der Waals surface area contributed by atoms with Crippen LogP contribution in [0.2, 0.25) is 0 Å². The third kappa shape index (κ3) is 2.14. The fourth-order valence-electron chi connectivity index (χ4n) is 2.57. The summed E-state index contributed by atoms with van der Waals surface area (Å²) >= 11 is 0. The SMILES string of the molecule is Oc1ccc(Cc2nccc3cc4c(cc23)OCO4)cc1. The van der Waals surface area contributed by atoms with Crippen molar-refractivity contribution in [3.63, 3.8) is 0 Å². The quantitative estimate of drug-likeness (QED) is 0.782. The van der Waals surface area contributed by atoms with Crippen LogP contribution in [0.3, 0.4) is 0 Å². The first-order valence-electron chi connectivity index (χ1n) is 6.75. The van der Waals surface area contributed by atoms with Crippen LogP contribution in [0.15, 0.2) is 48.7 Å². The molecule has 0 radical (unpaired) electrons. The summed E-state index contributed by atoms with van der Waals surface area (Å²) in [7, 11) is 0. The van der Waals surface area contributed by atoms with Crippen molar-refractivity contribution in [2.24, 2.45) is 0 Å². The first-order valence-corrected chi connectivity index (χ1v) is 6.75. The molecule has 0 saturated heterocycles. The van der Waals surface area contributed by atoms with Crippen molar-refractivity contribution in [3.05, 3.63) is 59.9 Å². The van der Waals surface area contributed by atoms with E-state index in [4.69, 9.17) is 9.47 Å². The van der Waals surface area contributed by atoms with Gasteiger partial charge in [0.1, 0.15) is 5.75 Å². The molecule has 1 aromatic heterocycles. The molecule has 4 nitrogen and oxygen atoms in total. The monoisotopic (exact) mass is 279 g/mol. The lowest BCUT2D eigenvalue weighted by Gasteiger charge is -2.07. The lowest BCUT2D eigenvalue weighted by molar-refractivity contribution is 0.174. The average molecular weight is 279 g/mol. The number of rotatable bonds is 2. The zero-order valence-corrected chi connectivity index (χ0v) is 11.2. The molecule has 0 aliphatic carbocycles. The highest BCUT2D eigenvalue weighted by Gasteiger charge is 2.15. The Kier molecular flexibility index (Phi) is 2.67. The molecule has 1 aliphatic rings. The van der Waals surface area contributed by atoms with E-state index in [1.54, 1.807) is 18.3 Å². The van der Waals surface area contributed by atoms with E-state index in [0.717, 1.165) is 33.5 Å². The third-order valence-electron chi connectivity index (χ3n) is 3.65. The minimum Gasteiger partial charge on any atom is -0.508 e. The Labute approximate surface area is 121 Å². The normalized spacial score (nSPS) is 12.8. The van der Waals surface area contributed by atoms with Crippen LogP contribution in [0.4, 0.5) is 0 Å². The van der Waals surface area contributed by atoms with E-state index in [-0.39, 0.29) is 12.5 Å². The molecule has 0 atom stereocenters. The lowest BCUT2D eigenvalue weighted by Crippen LogP contribution is -1.94. The molecule has 104 valence electrons. The second kappa shape index (κ2) is 4.66. The number of hydrogen-bond donors (Lipinski definition) is 1. The first kappa shape index (κ1) is 12.0. The van der Waals surface area contributed by atoms with Gasteiger partial charge in [-0.05, 0) is 41.3 Å². The highest BCUT2D eigenvalue weighted by atomic mass is 16.7. The fourth-order valence-corrected chi connectivity index (χ4v) is 2.57. The van der Waals surface area contributed by atoms with Gasteiger partial charge in [0.05, 0.1) is 5.69 Å². The third-order valence-corrected chi connectivity index (χ3v) is 3.65. The van der Waals surface area contributed by atoms with E-state index >= 15 is 0 Å². The van der Waals surface area contributed by atoms with Gasteiger partial charge in [0, 0.05) is 18.0 Å². The summed E-state index contributed by atoms with van der Waals surface area (Å²) in [6.07, 6.45) is 2.51. The maximum Gasteiger partial charge on any atom is 0.231 e. The van der Waals surface area contributed by atoms with E-state index in [1.807, 2.05) is 30.3 Å². The molecular formula is C17H13NO3. The van der Waals surface area contributed by atoms with Gasteiger partial charge in [-0.3, -0.25) is 4.98 Å². The van der Waals surface area contributed by atoms with Crippen molar-refractivity contribution in [1.29, 1.82) is 0 Å². The van der Waals surface area contributed by atoms with Crippen LogP contribution in [0.1, 0.15) is 11.3 Å². The predicted molar refractivity (Wildman–Crippen MR) is 78.8 cm³/mol. The average Bonchev–Trinajstić information content (AvgIpc) is 2.95. The van der Waals surface area contributed by atoms with Crippen LogP contribution < -0.4 is 9.47 Å². The Morgan fingerprint density at radius 3 is 2.57 bits per heavy atom. The standard InChI is InChI=1S/C17H13NO3/c19-13-3-1-11(2-4-13)7-15-14-9-17-16(20-10-21-17)8-12(14)5-6-18-15/h1-6,8-9,19H,7,10H2. The Balaban J connectivity index is 1.79. The van der Waals surface area contributed by atoms with Gasteiger partial charge < -0.3 is 14.6 Å². The van der Waals surface area contributed by atoms with Crippen molar-refractivity contribution in [3.8, 4) is 17.2 Å². The van der Waals surface area contributed by atoms with Crippen LogP contribution in [0.5, 0.6) is 17.2 Å². The number of pyridine rings is 1. The van der Waals surface area contributed by atoms with Crippen LogP contribution in [-0.2, 0) is 6.42 Å². The molecule has 0 amide bonds. The van der Waals surface area contributed by atoms with Gasteiger partial charge in [-0.2, -0.15) is 0 Å². The molecule has 3 aromatic rings. The topological polar surface area (TPSA) is 51.6 Å². The number of benzene rings is 2. The summed E-state index contributed by atoms with van der Waals surface area (Å²) in [6.45, 7) is 0.270. The number of aromatic hydroxyl groups is 1. The largest absolute Gasteiger partial charge is 0.508 e. The van der Waals surface area contributed by atoms with Gasteiger partial charge >= 0.3 is 0 Å². The van der Waals surface area contributed by atoms with Crippen LogP contribution >= 0.6 is 0 Å². The maximum absolute atomic E-state index is 9.35. The summed E-state index contributed by atoms with van der Waals surface area (Å²) in [5.74, 6) is 1.82. The van der Waals surface area contributed by atoms with Crippen molar-refractivity contribution < 1.29 is 14.6 Å². The molecule has 4 rings (SSSR count). The summed E-state index contributed by atoms with van der Waals surface area (Å²) < 4.78 is 10.9. The summed E-state index contributed by atoms with van der Waals surface area (Å²) in [4.78, 5) is 4.49. The van der Waals surface area contributed by atoms with Gasteiger partial charge in [0.2, 0.25) is 6.79 Å². The number of ether oxygens (including phenoxy) is 2. The molecule has 2 heterocycles. The molecule has 0 bridgehead atoms. The van der Waals surface area contributed by atoms with Crippen molar-refractivity contribution in [1.82, 2.24) is 4.98 Å². The number of nitrogens with zero attached hydrogens (tertiary/aromatic N) is 1. The Bertz CT molecular complexity index is 812. The van der Waals surface area contributed by atoms with E-state index in [9.17, 15) is 5.11 Å². The molecule has 21 heavy (non-hydrogen) atoms. The highest BCUT2D eigenvalue weighted by Crippen LogP contribution is 2.37. The van der Waals surface area contributed by atoms with Gasteiger partial charge in [-0.15, -0.1) is 0 Å². The Morgan fingerprint density at radius 2 is 1.76 bits per heavy atom. The number of hydrogen-bond acceptors (Lipinski definition) is 4. The van der Waals surface area contributed by atoms with Gasteiger partial charge in [0.15, 0.2) is 11.5 Å². The number of fused-ring (bicyclic) bond motifs is 2. The van der Waals surface area contributed by atoms with Crippen LogP contribution in [0, 0.1) is 0 Å². The molecule has 1 N–H and O–H groups in total. The second-order valence-electron chi connectivity index (χ2n) is 5.03. The zero-order valence-electron chi connectivity index (χ0n) is 11.2. The molecular weight excluding hydrogens is 266 g/mol. The van der Waals surface area contributed by atoms with Crippen molar-refractivity contribution in [2.45, 2.75) is 6.42 Å². The first-order chi connectivity index (χ1) is 10.3. The molecule has 2 aromatic carbocycles. The summed E-state index contributed by atoms with van der Waals surface area (Å²) in [6, 6.07) is 13.1. The molecule has 0 fully saturated rings. The highest BCUT2D eigenvalue weighted by molar-refractivity contribution is 5.88. The van der Waals surface area contributed by atoms with Gasteiger partial charge in [-0.1, -0.05) is 12.1 Å². The molecule has 0 unspecified atom stereocenters. The van der Waals surface area contributed by atoms with Crippen LogP contribution in [0.25, 0.3) is 10.8 Å². The van der Waals surface area contributed by atoms with Gasteiger partial charge in [-0.25, -0.2) is 0 Å². The predicted octanol–water partition coefficient (Wildman–Crippen LogP) is 3.26. The summed E-state index contributed by atoms with van der Waals surface area (Å²) in [5.41, 5.74) is 2.09.